The van der Waals surface area contributed by atoms with Gasteiger partial charge in [-0.25, -0.2) is 4.39 Å². The Hall–Kier alpha value is -0.580. The van der Waals surface area contributed by atoms with Gasteiger partial charge in [-0.3, -0.25) is 11.3 Å². The van der Waals surface area contributed by atoms with Crippen molar-refractivity contribution in [3.05, 3.63) is 30.1 Å². The van der Waals surface area contributed by atoms with Gasteiger partial charge in [0.05, 0.1) is 0 Å². The van der Waals surface area contributed by atoms with E-state index in [1.807, 2.05) is 6.07 Å². The second kappa shape index (κ2) is 7.69. The van der Waals surface area contributed by atoms with Crippen LogP contribution in [0.1, 0.15) is 26.7 Å². The van der Waals surface area contributed by atoms with Crippen LogP contribution in [0.4, 0.5) is 4.39 Å². The monoisotopic (exact) mass is 256 g/mol. The van der Waals surface area contributed by atoms with Crippen LogP contribution in [-0.4, -0.2) is 11.8 Å². The molecule has 0 aliphatic rings. The topological polar surface area (TPSA) is 38.0 Å². The van der Waals surface area contributed by atoms with Crippen molar-refractivity contribution < 1.29 is 4.39 Å². The van der Waals surface area contributed by atoms with E-state index in [-0.39, 0.29) is 11.9 Å². The van der Waals surface area contributed by atoms with Crippen LogP contribution in [-0.2, 0) is 0 Å². The number of nitrogens with two attached hydrogens (primary N) is 1. The van der Waals surface area contributed by atoms with E-state index in [0.29, 0.717) is 5.92 Å². The Morgan fingerprint density at radius 3 is 2.82 bits per heavy atom. The summed E-state index contributed by atoms with van der Waals surface area (Å²) < 4.78 is 13.0. The van der Waals surface area contributed by atoms with Crippen LogP contribution in [0.15, 0.2) is 29.2 Å². The molecule has 0 aromatic heterocycles. The Bertz CT molecular complexity index is 333. The summed E-state index contributed by atoms with van der Waals surface area (Å²) in [6, 6.07) is 6.94. The van der Waals surface area contributed by atoms with E-state index < -0.39 is 0 Å². The summed E-state index contributed by atoms with van der Waals surface area (Å²) in [7, 11) is 0. The molecule has 0 amide bonds. The van der Waals surface area contributed by atoms with Crippen molar-refractivity contribution in [3.63, 3.8) is 0 Å². The van der Waals surface area contributed by atoms with Crippen molar-refractivity contribution >= 4 is 11.8 Å². The third kappa shape index (κ3) is 5.06. The maximum absolute atomic E-state index is 13.0. The first-order valence-electron chi connectivity index (χ1n) is 6.01. The SMILES string of the molecule is CCCC(C)C(CSc1cccc(F)c1)NN. The molecule has 1 aromatic carbocycles. The second-order valence-electron chi connectivity index (χ2n) is 4.31. The highest BCUT2D eigenvalue weighted by Crippen LogP contribution is 2.22. The average molecular weight is 256 g/mol. The minimum absolute atomic E-state index is 0.186. The molecule has 0 aliphatic heterocycles. The third-order valence-corrected chi connectivity index (χ3v) is 3.98. The summed E-state index contributed by atoms with van der Waals surface area (Å²) in [5.41, 5.74) is 2.86. The molecule has 1 rings (SSSR count). The molecule has 0 fully saturated rings. The van der Waals surface area contributed by atoms with Gasteiger partial charge in [0.2, 0.25) is 0 Å². The molecule has 0 radical (unpaired) electrons. The van der Waals surface area contributed by atoms with Crippen LogP contribution in [0.2, 0.25) is 0 Å². The first kappa shape index (κ1) is 14.5. The molecular weight excluding hydrogens is 235 g/mol. The summed E-state index contributed by atoms with van der Waals surface area (Å²) >= 11 is 1.64. The number of nitrogens with one attached hydrogen (secondary N) is 1. The maximum atomic E-state index is 13.0. The van der Waals surface area contributed by atoms with E-state index >= 15 is 0 Å². The molecule has 2 atom stereocenters. The largest absolute Gasteiger partial charge is 0.271 e. The maximum Gasteiger partial charge on any atom is 0.124 e. The van der Waals surface area contributed by atoms with Gasteiger partial charge in [-0.05, 0) is 30.5 Å². The predicted octanol–water partition coefficient (Wildman–Crippen LogP) is 3.19. The molecule has 0 aliphatic carbocycles. The predicted molar refractivity (Wildman–Crippen MR) is 72.3 cm³/mol. The van der Waals surface area contributed by atoms with Crippen molar-refractivity contribution in [1.82, 2.24) is 5.43 Å². The Kier molecular flexibility index (Phi) is 6.55. The summed E-state index contributed by atoms with van der Waals surface area (Å²) in [5, 5.41) is 0. The zero-order chi connectivity index (χ0) is 12.7. The van der Waals surface area contributed by atoms with Gasteiger partial charge in [-0.1, -0.05) is 26.3 Å². The Labute approximate surface area is 107 Å². The number of benzene rings is 1. The Balaban J connectivity index is 2.47. The summed E-state index contributed by atoms with van der Waals surface area (Å²) in [6.07, 6.45) is 2.31. The molecule has 0 spiro atoms. The van der Waals surface area contributed by atoms with Crippen LogP contribution in [0.25, 0.3) is 0 Å². The van der Waals surface area contributed by atoms with Crippen molar-refractivity contribution in [3.8, 4) is 0 Å². The van der Waals surface area contributed by atoms with Gasteiger partial charge in [0.15, 0.2) is 0 Å². The molecule has 0 saturated carbocycles. The van der Waals surface area contributed by atoms with Crippen LogP contribution in [0.5, 0.6) is 0 Å². The van der Waals surface area contributed by atoms with Crippen molar-refractivity contribution in [2.45, 2.75) is 37.6 Å². The minimum Gasteiger partial charge on any atom is -0.271 e. The molecule has 17 heavy (non-hydrogen) atoms. The fraction of sp³-hybridized carbons (Fsp3) is 0.538. The number of hydrogen-bond donors (Lipinski definition) is 2. The van der Waals surface area contributed by atoms with Crippen LogP contribution in [0.3, 0.4) is 0 Å². The molecule has 0 heterocycles. The van der Waals surface area contributed by atoms with Crippen LogP contribution >= 0.6 is 11.8 Å². The van der Waals surface area contributed by atoms with Gasteiger partial charge in [0.1, 0.15) is 5.82 Å². The van der Waals surface area contributed by atoms with Gasteiger partial charge in [-0.2, -0.15) is 0 Å². The van der Waals surface area contributed by atoms with Crippen LogP contribution in [0, 0.1) is 11.7 Å². The molecule has 0 saturated heterocycles. The molecule has 1 aromatic rings. The first-order chi connectivity index (χ1) is 8.17. The fourth-order valence-corrected chi connectivity index (χ4v) is 2.94. The lowest BCUT2D eigenvalue weighted by atomic mass is 9.99. The number of hydrazine groups is 1. The second-order valence-corrected chi connectivity index (χ2v) is 5.40. The fourth-order valence-electron chi connectivity index (χ4n) is 1.78. The number of thioether (sulfide) groups is 1. The van der Waals surface area contributed by atoms with Gasteiger partial charge < -0.3 is 0 Å². The van der Waals surface area contributed by atoms with Gasteiger partial charge >= 0.3 is 0 Å². The summed E-state index contributed by atoms with van der Waals surface area (Å²) in [5.74, 6) is 6.77. The lowest BCUT2D eigenvalue weighted by Crippen LogP contribution is -2.41. The van der Waals surface area contributed by atoms with E-state index in [1.54, 1.807) is 23.9 Å². The lowest BCUT2D eigenvalue weighted by molar-refractivity contribution is 0.387. The number of halogens is 1. The standard InChI is InChI=1S/C13H21FN2S/c1-3-5-10(2)13(16-15)9-17-12-7-4-6-11(14)8-12/h4,6-8,10,13,16H,3,5,9,15H2,1-2H3. The molecular formula is C13H21FN2S. The highest BCUT2D eigenvalue weighted by Gasteiger charge is 2.15. The van der Waals surface area contributed by atoms with Crippen molar-refractivity contribution in [2.75, 3.05) is 5.75 Å². The van der Waals surface area contributed by atoms with E-state index in [0.717, 1.165) is 23.5 Å². The molecule has 2 nitrogen and oxygen atoms in total. The van der Waals surface area contributed by atoms with E-state index in [1.165, 1.54) is 6.07 Å². The molecule has 4 heteroatoms. The zero-order valence-electron chi connectivity index (χ0n) is 10.4. The smallest absolute Gasteiger partial charge is 0.124 e. The van der Waals surface area contributed by atoms with Crippen molar-refractivity contribution in [1.29, 1.82) is 0 Å². The number of rotatable bonds is 7. The highest BCUT2D eigenvalue weighted by molar-refractivity contribution is 7.99. The molecule has 3 N–H and O–H groups in total. The van der Waals surface area contributed by atoms with Crippen LogP contribution < -0.4 is 11.3 Å². The first-order valence-corrected chi connectivity index (χ1v) is 7.00. The average Bonchev–Trinajstić information content (AvgIpc) is 2.30. The lowest BCUT2D eigenvalue weighted by Gasteiger charge is -2.22. The summed E-state index contributed by atoms with van der Waals surface area (Å²) in [4.78, 5) is 0.953. The third-order valence-electron chi connectivity index (χ3n) is 2.87. The van der Waals surface area contributed by atoms with Crippen molar-refractivity contribution in [2.24, 2.45) is 11.8 Å². The van der Waals surface area contributed by atoms with E-state index in [4.69, 9.17) is 5.84 Å². The van der Waals surface area contributed by atoms with Gasteiger partial charge in [0, 0.05) is 16.7 Å². The molecule has 0 bridgehead atoms. The van der Waals surface area contributed by atoms with Gasteiger partial charge in [0.25, 0.3) is 0 Å². The minimum atomic E-state index is -0.186. The normalized spacial score (nSPS) is 14.6. The summed E-state index contributed by atoms with van der Waals surface area (Å²) in [6.45, 7) is 4.37. The highest BCUT2D eigenvalue weighted by atomic mass is 32.2. The van der Waals surface area contributed by atoms with Gasteiger partial charge in [-0.15, -0.1) is 11.8 Å². The Morgan fingerprint density at radius 2 is 2.24 bits per heavy atom. The quantitative estimate of drug-likeness (QED) is 0.447. The van der Waals surface area contributed by atoms with E-state index in [2.05, 4.69) is 19.3 Å². The Morgan fingerprint density at radius 1 is 1.47 bits per heavy atom. The molecule has 96 valence electrons. The van der Waals surface area contributed by atoms with E-state index in [9.17, 15) is 4.39 Å². The molecule has 2 unspecified atom stereocenters. The zero-order valence-corrected chi connectivity index (χ0v) is 11.3. The number of hydrogen-bond acceptors (Lipinski definition) is 3.